The van der Waals surface area contributed by atoms with Gasteiger partial charge in [-0.3, -0.25) is 4.57 Å². The highest BCUT2D eigenvalue weighted by Gasteiger charge is 2.53. The molecular formula is C62H36N4O. The van der Waals surface area contributed by atoms with Crippen molar-refractivity contribution in [2.75, 3.05) is 0 Å². The third-order valence-electron chi connectivity index (χ3n) is 14.5. The minimum atomic E-state index is -0.621. The van der Waals surface area contributed by atoms with Crippen LogP contribution < -0.4 is 0 Å². The molecule has 0 saturated heterocycles. The number of aromatic nitrogens is 4. The summed E-state index contributed by atoms with van der Waals surface area (Å²) in [4.78, 5) is 16.3. The smallest absolute Gasteiger partial charge is 0.238 e. The summed E-state index contributed by atoms with van der Waals surface area (Å²) in [6.45, 7) is 0. The van der Waals surface area contributed by atoms with Gasteiger partial charge in [-0.15, -0.1) is 0 Å². The van der Waals surface area contributed by atoms with Gasteiger partial charge >= 0.3 is 0 Å². The van der Waals surface area contributed by atoms with Gasteiger partial charge in [0.15, 0.2) is 11.6 Å². The van der Waals surface area contributed by atoms with Crippen molar-refractivity contribution in [3.8, 4) is 62.1 Å². The van der Waals surface area contributed by atoms with Crippen molar-refractivity contribution in [3.63, 3.8) is 0 Å². The summed E-state index contributed by atoms with van der Waals surface area (Å²) >= 11 is 0. The van der Waals surface area contributed by atoms with Crippen LogP contribution in [0.4, 0.5) is 0 Å². The molecule has 0 saturated carbocycles. The second-order valence-corrected chi connectivity index (χ2v) is 17.8. The van der Waals surface area contributed by atoms with Crippen LogP contribution in [0.3, 0.4) is 0 Å². The number of furan rings is 1. The van der Waals surface area contributed by atoms with E-state index >= 15 is 0 Å². The maximum absolute atomic E-state index is 6.46. The fourth-order valence-electron chi connectivity index (χ4n) is 11.8. The third kappa shape index (κ3) is 4.84. The van der Waals surface area contributed by atoms with Gasteiger partial charge in [0.1, 0.15) is 11.2 Å². The molecule has 0 fully saturated rings. The van der Waals surface area contributed by atoms with Crippen LogP contribution in [0.2, 0.25) is 0 Å². The zero-order valence-electron chi connectivity index (χ0n) is 36.0. The predicted molar refractivity (Wildman–Crippen MR) is 272 cm³/mol. The molecule has 0 bridgehead atoms. The van der Waals surface area contributed by atoms with E-state index in [9.17, 15) is 0 Å². The van der Waals surface area contributed by atoms with Gasteiger partial charge in [-0.2, -0.15) is 9.97 Å². The highest BCUT2D eigenvalue weighted by atomic mass is 16.3. The fourth-order valence-corrected chi connectivity index (χ4v) is 11.8. The van der Waals surface area contributed by atoms with Crippen LogP contribution in [-0.4, -0.2) is 19.5 Å². The molecule has 0 radical (unpaired) electrons. The fraction of sp³-hybridized carbons (Fsp3) is 0.0161. The summed E-state index contributed by atoms with van der Waals surface area (Å²) in [6.07, 6.45) is 0. The number of fused-ring (bicyclic) bond motifs is 20. The summed E-state index contributed by atoms with van der Waals surface area (Å²) in [5.41, 5.74) is 17.3. The van der Waals surface area contributed by atoms with Crippen molar-refractivity contribution >= 4 is 54.5 Å². The lowest BCUT2D eigenvalue weighted by molar-refractivity contribution is 0.670. The topological polar surface area (TPSA) is 56.7 Å². The Hall–Kier alpha value is -8.93. The van der Waals surface area contributed by atoms with E-state index in [1.807, 2.05) is 30.3 Å². The number of rotatable bonds is 4. The van der Waals surface area contributed by atoms with Gasteiger partial charge in [0.25, 0.3) is 0 Å². The Kier molecular flexibility index (Phi) is 7.36. The maximum atomic E-state index is 6.46. The molecular weight excluding hydrogens is 817 g/mol. The van der Waals surface area contributed by atoms with Crippen LogP contribution in [0.1, 0.15) is 22.3 Å². The van der Waals surface area contributed by atoms with Gasteiger partial charge in [0.05, 0.1) is 16.4 Å². The van der Waals surface area contributed by atoms with E-state index in [2.05, 4.69) is 193 Å². The first-order valence-electron chi connectivity index (χ1n) is 22.9. The Morgan fingerprint density at radius 3 is 1.63 bits per heavy atom. The second-order valence-electron chi connectivity index (χ2n) is 17.8. The minimum absolute atomic E-state index is 0.564. The molecule has 0 amide bonds. The second kappa shape index (κ2) is 13.6. The van der Waals surface area contributed by atoms with Gasteiger partial charge in [-0.25, -0.2) is 4.98 Å². The van der Waals surface area contributed by atoms with Gasteiger partial charge < -0.3 is 4.42 Å². The number of nitrogens with zero attached hydrogens (tertiary/aromatic N) is 4. The SMILES string of the molecule is c1ccc(-c2nc(-c3ccc(-c4cccc5c4oc4ccccc45)cc3)nc(-n3c4ccccc4c4c5ccccc5c5c(c43)C3(c4ccccc4-c4ccccc43)c3ccccc3-5)n2)cc1. The van der Waals surface area contributed by atoms with Crippen LogP contribution in [0.25, 0.3) is 117 Å². The number of para-hydroxylation sites is 3. The first kappa shape index (κ1) is 36.4. The quantitative estimate of drug-likeness (QED) is 0.177. The van der Waals surface area contributed by atoms with Crippen LogP contribution in [-0.2, 0) is 5.41 Å². The lowest BCUT2D eigenvalue weighted by atomic mass is 9.70. The molecule has 5 heteroatoms. The molecule has 0 unspecified atom stereocenters. The van der Waals surface area contributed by atoms with Crippen LogP contribution >= 0.6 is 0 Å². The molecule has 2 aliphatic rings. The largest absolute Gasteiger partial charge is 0.455 e. The highest BCUT2D eigenvalue weighted by molar-refractivity contribution is 6.27. The van der Waals surface area contributed by atoms with E-state index in [0.29, 0.717) is 17.6 Å². The van der Waals surface area contributed by atoms with Gasteiger partial charge in [0.2, 0.25) is 5.95 Å². The van der Waals surface area contributed by atoms with Gasteiger partial charge in [-0.1, -0.05) is 206 Å². The molecule has 3 heterocycles. The normalized spacial score (nSPS) is 13.2. The summed E-state index contributed by atoms with van der Waals surface area (Å²) < 4.78 is 8.81. The van der Waals surface area contributed by atoms with Crippen LogP contribution in [0.5, 0.6) is 0 Å². The van der Waals surface area contributed by atoms with Gasteiger partial charge in [-0.05, 0) is 67.4 Å². The average molecular weight is 853 g/mol. The molecule has 3 aromatic heterocycles. The molecule has 67 heavy (non-hydrogen) atoms. The molecule has 15 rings (SSSR count). The zero-order chi connectivity index (χ0) is 43.8. The van der Waals surface area contributed by atoms with Crippen molar-refractivity contribution in [3.05, 3.63) is 241 Å². The van der Waals surface area contributed by atoms with Gasteiger partial charge in [0, 0.05) is 43.8 Å². The van der Waals surface area contributed by atoms with Crippen LogP contribution in [0.15, 0.2) is 223 Å². The van der Waals surface area contributed by atoms with E-state index in [4.69, 9.17) is 19.4 Å². The van der Waals surface area contributed by atoms with E-state index < -0.39 is 5.41 Å². The standard InChI is InChI=1S/C62H36N4O/c1-2-17-38(18-3-1)59-63-60(39-35-33-37(34-36-39)40-26-16-27-46-43-21-10-15-32-53(43)67-58(40)46)65-61(64-59)66-52-31-14-9-25-48(52)55-45-23-5-4-22-44(45)54-47-24-8-13-30-51(47)62(56(54)57(55)66)49-28-11-6-19-41(49)42-20-7-12-29-50(42)62/h1-36H. The zero-order valence-corrected chi connectivity index (χ0v) is 36.0. The summed E-state index contributed by atoms with van der Waals surface area (Å²) in [6, 6.07) is 78.3. The molecule has 0 N–H and O–H groups in total. The van der Waals surface area contributed by atoms with Crippen molar-refractivity contribution in [1.82, 2.24) is 19.5 Å². The molecule has 10 aromatic carbocycles. The molecule has 0 atom stereocenters. The van der Waals surface area contributed by atoms with E-state index in [1.54, 1.807) is 0 Å². The monoisotopic (exact) mass is 852 g/mol. The van der Waals surface area contributed by atoms with Crippen molar-refractivity contribution < 1.29 is 4.42 Å². The van der Waals surface area contributed by atoms with Crippen molar-refractivity contribution in [1.29, 1.82) is 0 Å². The molecule has 0 aliphatic heterocycles. The number of hydrogen-bond acceptors (Lipinski definition) is 4. The third-order valence-corrected chi connectivity index (χ3v) is 14.5. The Morgan fingerprint density at radius 1 is 0.373 bits per heavy atom. The summed E-state index contributed by atoms with van der Waals surface area (Å²) in [7, 11) is 0. The molecule has 310 valence electrons. The molecule has 1 spiro atoms. The Bertz CT molecular complexity index is 4170. The highest BCUT2D eigenvalue weighted by Crippen LogP contribution is 2.66. The lowest BCUT2D eigenvalue weighted by Gasteiger charge is -2.31. The molecule has 5 nitrogen and oxygen atoms in total. The molecule has 2 aliphatic carbocycles. The Labute approximate surface area is 384 Å². The van der Waals surface area contributed by atoms with Crippen LogP contribution in [0, 0.1) is 0 Å². The van der Waals surface area contributed by atoms with E-state index in [1.165, 1.54) is 60.7 Å². The average Bonchev–Trinajstić information content (AvgIpc) is 4.13. The van der Waals surface area contributed by atoms with Crippen molar-refractivity contribution in [2.45, 2.75) is 5.41 Å². The van der Waals surface area contributed by atoms with E-state index in [0.717, 1.165) is 60.6 Å². The summed E-state index contributed by atoms with van der Waals surface area (Å²) in [5, 5.41) is 6.98. The predicted octanol–water partition coefficient (Wildman–Crippen LogP) is 15.4. The minimum Gasteiger partial charge on any atom is -0.455 e. The van der Waals surface area contributed by atoms with E-state index in [-0.39, 0.29) is 0 Å². The number of hydrogen-bond donors (Lipinski definition) is 0. The first-order valence-corrected chi connectivity index (χ1v) is 22.9. The first-order chi connectivity index (χ1) is 33.3. The number of benzene rings is 10. The Balaban J connectivity index is 1.04. The summed E-state index contributed by atoms with van der Waals surface area (Å²) in [5.74, 6) is 1.76. The van der Waals surface area contributed by atoms with Crippen molar-refractivity contribution in [2.24, 2.45) is 0 Å². The Morgan fingerprint density at radius 2 is 0.896 bits per heavy atom. The maximum Gasteiger partial charge on any atom is 0.238 e. The molecule has 13 aromatic rings. The lowest BCUT2D eigenvalue weighted by Crippen LogP contribution is -2.26.